The van der Waals surface area contributed by atoms with E-state index in [9.17, 15) is 24.6 Å². The second-order valence-electron chi connectivity index (χ2n) is 5.59. The second kappa shape index (κ2) is 7.53. The van der Waals surface area contributed by atoms with E-state index in [4.69, 9.17) is 4.74 Å². The fourth-order valence-corrected chi connectivity index (χ4v) is 2.49. The number of phenols is 2. The minimum absolute atomic E-state index is 0.157. The molecule has 134 valence electrons. The van der Waals surface area contributed by atoms with E-state index in [0.717, 1.165) is 12.1 Å². The van der Waals surface area contributed by atoms with E-state index in [2.05, 4.69) is 0 Å². The third-order valence-corrected chi connectivity index (χ3v) is 3.83. The molecule has 0 aliphatic rings. The molecule has 0 radical (unpaired) electrons. The summed E-state index contributed by atoms with van der Waals surface area (Å²) < 4.78 is 4.82. The number of carbonyl (C=O) groups is 3. The molecule has 0 aliphatic carbocycles. The zero-order valence-electron chi connectivity index (χ0n) is 14.0. The van der Waals surface area contributed by atoms with Crippen molar-refractivity contribution >= 4 is 17.7 Å². The number of aromatic hydroxyl groups is 2. The Kier molecular flexibility index (Phi) is 4.99. The van der Waals surface area contributed by atoms with Crippen LogP contribution in [-0.4, -0.2) is 27.9 Å². The Bertz CT molecular complexity index is 1010. The fraction of sp³-hybridized carbons (Fsp3) is 0. The Morgan fingerprint density at radius 2 is 1.22 bits per heavy atom. The van der Waals surface area contributed by atoms with Gasteiger partial charge in [0.1, 0.15) is 0 Å². The maximum Gasteiger partial charge on any atom is 0.346 e. The number of carbonyl (C=O) groups excluding carboxylic acids is 3. The van der Waals surface area contributed by atoms with Gasteiger partial charge in [-0.05, 0) is 24.3 Å². The number of ether oxygens (including phenoxy) is 1. The fourth-order valence-electron chi connectivity index (χ4n) is 2.49. The molecular formula is C21H14O6. The van der Waals surface area contributed by atoms with Gasteiger partial charge in [0.25, 0.3) is 0 Å². The van der Waals surface area contributed by atoms with Gasteiger partial charge in [-0.25, -0.2) is 9.59 Å². The molecule has 3 aromatic rings. The van der Waals surface area contributed by atoms with Crippen LogP contribution in [-0.2, 0) is 4.74 Å². The maximum atomic E-state index is 12.7. The molecule has 0 saturated heterocycles. The van der Waals surface area contributed by atoms with E-state index in [1.54, 1.807) is 36.4 Å². The van der Waals surface area contributed by atoms with Crippen LogP contribution in [0.5, 0.6) is 11.5 Å². The minimum atomic E-state index is -1.11. The maximum absolute atomic E-state index is 12.7. The molecule has 0 atom stereocenters. The lowest BCUT2D eigenvalue weighted by Crippen LogP contribution is -2.17. The Morgan fingerprint density at radius 3 is 1.81 bits per heavy atom. The first-order chi connectivity index (χ1) is 13.0. The highest BCUT2D eigenvalue weighted by atomic mass is 16.6. The molecule has 0 amide bonds. The average molecular weight is 362 g/mol. The smallest absolute Gasteiger partial charge is 0.346 e. The van der Waals surface area contributed by atoms with Crippen molar-refractivity contribution in [3.63, 3.8) is 0 Å². The van der Waals surface area contributed by atoms with Crippen LogP contribution in [0.25, 0.3) is 0 Å². The van der Waals surface area contributed by atoms with E-state index in [0.29, 0.717) is 0 Å². The summed E-state index contributed by atoms with van der Waals surface area (Å²) in [5, 5.41) is 19.9. The Balaban J connectivity index is 1.98. The average Bonchev–Trinajstić information content (AvgIpc) is 2.70. The number of ketones is 1. The summed E-state index contributed by atoms with van der Waals surface area (Å²) in [7, 11) is 0. The van der Waals surface area contributed by atoms with Gasteiger partial charge in [0.15, 0.2) is 17.3 Å². The molecule has 6 nitrogen and oxygen atoms in total. The van der Waals surface area contributed by atoms with Gasteiger partial charge in [0, 0.05) is 5.56 Å². The van der Waals surface area contributed by atoms with Crippen LogP contribution >= 0.6 is 0 Å². The van der Waals surface area contributed by atoms with Crippen molar-refractivity contribution < 1.29 is 29.3 Å². The van der Waals surface area contributed by atoms with Crippen molar-refractivity contribution in [3.05, 3.63) is 95.1 Å². The SMILES string of the molecule is O=C(OC(=O)c1ccc(O)c(O)c1C(=O)c1ccccc1)c1ccccc1. The molecule has 2 N–H and O–H groups in total. The number of hydrogen-bond acceptors (Lipinski definition) is 6. The standard InChI is InChI=1S/C21H14O6/c22-16-12-11-15(21(26)27-20(25)14-9-5-2-6-10-14)17(19(16)24)18(23)13-7-3-1-4-8-13/h1-12,22,24H. The van der Waals surface area contributed by atoms with Crippen LogP contribution in [0.15, 0.2) is 72.8 Å². The topological polar surface area (TPSA) is 101 Å². The van der Waals surface area contributed by atoms with Gasteiger partial charge in [0.2, 0.25) is 0 Å². The quantitative estimate of drug-likeness (QED) is 0.320. The van der Waals surface area contributed by atoms with Gasteiger partial charge in [-0.15, -0.1) is 0 Å². The molecule has 3 rings (SSSR count). The summed E-state index contributed by atoms with van der Waals surface area (Å²) in [4.78, 5) is 37.3. The van der Waals surface area contributed by atoms with Crippen LogP contribution in [0, 0.1) is 0 Å². The van der Waals surface area contributed by atoms with Gasteiger partial charge < -0.3 is 14.9 Å². The van der Waals surface area contributed by atoms with Crippen LogP contribution in [0.2, 0.25) is 0 Å². The molecule has 0 aliphatic heterocycles. The number of hydrogen-bond donors (Lipinski definition) is 2. The highest BCUT2D eigenvalue weighted by molar-refractivity contribution is 6.17. The van der Waals surface area contributed by atoms with E-state index in [-0.39, 0.29) is 16.7 Å². The lowest BCUT2D eigenvalue weighted by Gasteiger charge is -2.11. The highest BCUT2D eigenvalue weighted by Crippen LogP contribution is 2.33. The molecule has 0 unspecified atom stereocenters. The van der Waals surface area contributed by atoms with Crippen molar-refractivity contribution in [3.8, 4) is 11.5 Å². The molecule has 0 fully saturated rings. The Hall–Kier alpha value is -3.93. The second-order valence-corrected chi connectivity index (χ2v) is 5.59. The van der Waals surface area contributed by atoms with Crippen molar-refractivity contribution in [2.24, 2.45) is 0 Å². The molecule has 0 bridgehead atoms. The largest absolute Gasteiger partial charge is 0.504 e. The van der Waals surface area contributed by atoms with Crippen molar-refractivity contribution in [2.75, 3.05) is 0 Å². The van der Waals surface area contributed by atoms with E-state index < -0.39 is 34.8 Å². The summed E-state index contributed by atoms with van der Waals surface area (Å²) in [6, 6.07) is 17.9. The molecule has 0 heterocycles. The minimum Gasteiger partial charge on any atom is -0.504 e. The molecule has 0 aromatic heterocycles. The molecule has 0 saturated carbocycles. The lowest BCUT2D eigenvalue weighted by atomic mass is 9.97. The van der Waals surface area contributed by atoms with Gasteiger partial charge in [0.05, 0.1) is 16.7 Å². The van der Waals surface area contributed by atoms with Crippen molar-refractivity contribution in [1.82, 2.24) is 0 Å². The van der Waals surface area contributed by atoms with E-state index in [1.165, 1.54) is 24.3 Å². The Labute approximate surface area is 154 Å². The van der Waals surface area contributed by atoms with Crippen molar-refractivity contribution in [2.45, 2.75) is 0 Å². The number of esters is 2. The lowest BCUT2D eigenvalue weighted by molar-refractivity contribution is 0.0395. The van der Waals surface area contributed by atoms with E-state index in [1.807, 2.05) is 0 Å². The first-order valence-electron chi connectivity index (χ1n) is 7.95. The van der Waals surface area contributed by atoms with Crippen LogP contribution < -0.4 is 0 Å². The first-order valence-corrected chi connectivity index (χ1v) is 7.95. The number of rotatable bonds is 4. The third-order valence-electron chi connectivity index (χ3n) is 3.83. The summed E-state index contributed by atoms with van der Waals surface area (Å²) in [5.74, 6) is -4.03. The molecule has 0 spiro atoms. The zero-order chi connectivity index (χ0) is 19.4. The summed E-state index contributed by atoms with van der Waals surface area (Å²) >= 11 is 0. The first kappa shape index (κ1) is 17.9. The predicted octanol–water partition coefficient (Wildman–Crippen LogP) is 3.33. The van der Waals surface area contributed by atoms with Gasteiger partial charge in [-0.3, -0.25) is 4.79 Å². The van der Waals surface area contributed by atoms with Gasteiger partial charge in [-0.2, -0.15) is 0 Å². The monoisotopic (exact) mass is 362 g/mol. The highest BCUT2D eigenvalue weighted by Gasteiger charge is 2.27. The predicted molar refractivity (Wildman–Crippen MR) is 95.8 cm³/mol. The normalized spacial score (nSPS) is 10.2. The van der Waals surface area contributed by atoms with Gasteiger partial charge >= 0.3 is 11.9 Å². The summed E-state index contributed by atoms with van der Waals surface area (Å²) in [5.41, 5.74) is -0.415. The number of benzene rings is 3. The summed E-state index contributed by atoms with van der Waals surface area (Å²) in [6.07, 6.45) is 0. The van der Waals surface area contributed by atoms with Crippen LogP contribution in [0.1, 0.15) is 36.6 Å². The third kappa shape index (κ3) is 3.69. The zero-order valence-corrected chi connectivity index (χ0v) is 14.0. The summed E-state index contributed by atoms with van der Waals surface area (Å²) in [6.45, 7) is 0. The molecule has 27 heavy (non-hydrogen) atoms. The molecule has 6 heteroatoms. The van der Waals surface area contributed by atoms with Gasteiger partial charge in [-0.1, -0.05) is 48.5 Å². The Morgan fingerprint density at radius 1 is 0.667 bits per heavy atom. The van der Waals surface area contributed by atoms with E-state index >= 15 is 0 Å². The molecule has 3 aromatic carbocycles. The van der Waals surface area contributed by atoms with Crippen molar-refractivity contribution in [1.29, 1.82) is 0 Å². The molecular weight excluding hydrogens is 348 g/mol. The van der Waals surface area contributed by atoms with Crippen LogP contribution in [0.3, 0.4) is 0 Å². The van der Waals surface area contributed by atoms with Crippen LogP contribution in [0.4, 0.5) is 0 Å². The number of phenolic OH excluding ortho intramolecular Hbond substituents is 2.